The molecule has 3 atom stereocenters. The summed E-state index contributed by atoms with van der Waals surface area (Å²) < 4.78 is 37.1. The minimum atomic E-state index is -4.44. The third-order valence-electron chi connectivity index (χ3n) is 2.85. The molecule has 2 aliphatic carbocycles. The van der Waals surface area contributed by atoms with Crippen molar-refractivity contribution in [3.05, 3.63) is 12.2 Å². The van der Waals surface area contributed by atoms with Crippen LogP contribution in [-0.4, -0.2) is 17.6 Å². The summed E-state index contributed by atoms with van der Waals surface area (Å²) in [5.41, 5.74) is -4.44. The van der Waals surface area contributed by atoms with Gasteiger partial charge in [0.2, 0.25) is 0 Å². The van der Waals surface area contributed by atoms with Gasteiger partial charge in [-0.2, -0.15) is 13.2 Å². The fourth-order valence-electron chi connectivity index (χ4n) is 2.25. The standard InChI is InChI=1S/C9H11F3N2OS/c10-9(11,12)16-14-8(15)13-7-4-5-1-2-6(7)3-5/h1-2,5-7H,3-4H2,(H2,13,14,15). The van der Waals surface area contributed by atoms with Gasteiger partial charge in [-0.15, -0.1) is 0 Å². The van der Waals surface area contributed by atoms with Crippen molar-refractivity contribution in [3.63, 3.8) is 0 Å². The highest BCUT2D eigenvalue weighted by Gasteiger charge is 2.37. The topological polar surface area (TPSA) is 41.1 Å². The Kier molecular flexibility index (Phi) is 3.05. The SMILES string of the molecule is O=C(NSC(F)(F)F)NC1CC2C=CC1C2. The van der Waals surface area contributed by atoms with Crippen LogP contribution in [0.25, 0.3) is 0 Å². The number of rotatable bonds is 2. The number of halogens is 3. The van der Waals surface area contributed by atoms with Crippen molar-refractivity contribution in [2.45, 2.75) is 24.4 Å². The minimum Gasteiger partial charge on any atom is -0.334 e. The summed E-state index contributed by atoms with van der Waals surface area (Å²) in [4.78, 5) is 11.2. The first-order valence-corrected chi connectivity index (χ1v) is 5.75. The molecule has 3 nitrogen and oxygen atoms in total. The lowest BCUT2D eigenvalue weighted by molar-refractivity contribution is -0.0334. The number of allylic oxidation sites excluding steroid dienone is 1. The second-order valence-electron chi connectivity index (χ2n) is 4.01. The van der Waals surface area contributed by atoms with Gasteiger partial charge in [0, 0.05) is 6.04 Å². The van der Waals surface area contributed by atoms with Gasteiger partial charge in [-0.1, -0.05) is 12.2 Å². The van der Waals surface area contributed by atoms with E-state index in [1.807, 2.05) is 6.08 Å². The van der Waals surface area contributed by atoms with E-state index in [9.17, 15) is 18.0 Å². The number of carbonyl (C=O) groups is 1. The molecule has 0 heterocycles. The van der Waals surface area contributed by atoms with Gasteiger partial charge in [-0.3, -0.25) is 4.72 Å². The normalized spacial score (nSPS) is 31.8. The maximum absolute atomic E-state index is 11.8. The smallest absolute Gasteiger partial charge is 0.334 e. The fraction of sp³-hybridized carbons (Fsp3) is 0.667. The summed E-state index contributed by atoms with van der Waals surface area (Å²) >= 11 is -0.535. The highest BCUT2D eigenvalue weighted by Crippen LogP contribution is 2.39. The van der Waals surface area contributed by atoms with Gasteiger partial charge in [-0.05, 0) is 24.7 Å². The van der Waals surface area contributed by atoms with E-state index in [-0.39, 0.29) is 12.0 Å². The van der Waals surface area contributed by atoms with E-state index in [2.05, 4.69) is 11.4 Å². The van der Waals surface area contributed by atoms with E-state index in [4.69, 9.17) is 0 Å². The van der Waals surface area contributed by atoms with Crippen LogP contribution in [0.3, 0.4) is 0 Å². The van der Waals surface area contributed by atoms with Crippen molar-refractivity contribution >= 4 is 18.0 Å². The molecule has 90 valence electrons. The highest BCUT2D eigenvalue weighted by atomic mass is 32.2. The van der Waals surface area contributed by atoms with Crippen LogP contribution in [0.1, 0.15) is 12.8 Å². The van der Waals surface area contributed by atoms with Crippen molar-refractivity contribution in [2.75, 3.05) is 0 Å². The average molecular weight is 252 g/mol. The Bertz CT molecular complexity index is 318. The molecule has 0 aromatic rings. The summed E-state index contributed by atoms with van der Waals surface area (Å²) in [5.74, 6) is 0.761. The largest absolute Gasteiger partial charge is 0.461 e. The van der Waals surface area contributed by atoms with Crippen LogP contribution in [0.15, 0.2) is 12.2 Å². The van der Waals surface area contributed by atoms with Crippen molar-refractivity contribution in [3.8, 4) is 0 Å². The minimum absolute atomic E-state index is 0.0242. The third-order valence-corrected chi connectivity index (χ3v) is 3.37. The zero-order chi connectivity index (χ0) is 11.8. The molecule has 0 saturated heterocycles. The molecule has 0 radical (unpaired) electrons. The number of nitrogens with one attached hydrogen (secondary N) is 2. The van der Waals surface area contributed by atoms with Crippen molar-refractivity contribution in [2.24, 2.45) is 11.8 Å². The lowest BCUT2D eigenvalue weighted by atomic mass is 10.0. The zero-order valence-corrected chi connectivity index (χ0v) is 9.07. The summed E-state index contributed by atoms with van der Waals surface area (Å²) in [6.07, 6.45) is 5.95. The van der Waals surface area contributed by atoms with Crippen LogP contribution < -0.4 is 10.0 Å². The first-order chi connectivity index (χ1) is 7.44. The van der Waals surface area contributed by atoms with Crippen LogP contribution in [0, 0.1) is 11.8 Å². The van der Waals surface area contributed by atoms with Crippen LogP contribution in [-0.2, 0) is 0 Å². The van der Waals surface area contributed by atoms with Crippen LogP contribution in [0.5, 0.6) is 0 Å². The Hall–Kier alpha value is -0.850. The molecule has 0 aromatic carbocycles. The third kappa shape index (κ3) is 2.84. The van der Waals surface area contributed by atoms with Gasteiger partial charge in [-0.25, -0.2) is 4.79 Å². The Morgan fingerprint density at radius 3 is 2.56 bits per heavy atom. The van der Waals surface area contributed by atoms with Crippen molar-refractivity contribution in [1.29, 1.82) is 0 Å². The van der Waals surface area contributed by atoms with Crippen molar-refractivity contribution < 1.29 is 18.0 Å². The molecule has 16 heavy (non-hydrogen) atoms. The highest BCUT2D eigenvalue weighted by molar-refractivity contribution is 7.98. The molecular formula is C9H11F3N2OS. The van der Waals surface area contributed by atoms with Crippen LogP contribution in [0.2, 0.25) is 0 Å². The second-order valence-corrected chi connectivity index (χ2v) is 4.88. The average Bonchev–Trinajstić information content (AvgIpc) is 2.75. The number of amides is 2. The first kappa shape index (κ1) is 11.6. The molecule has 0 aliphatic heterocycles. The van der Waals surface area contributed by atoms with E-state index in [1.54, 1.807) is 4.72 Å². The van der Waals surface area contributed by atoms with Gasteiger partial charge in [0.1, 0.15) is 0 Å². The van der Waals surface area contributed by atoms with Crippen LogP contribution in [0.4, 0.5) is 18.0 Å². The van der Waals surface area contributed by atoms with Gasteiger partial charge in [0.15, 0.2) is 0 Å². The number of fused-ring (bicyclic) bond motifs is 2. The molecular weight excluding hydrogens is 241 g/mol. The summed E-state index contributed by atoms with van der Waals surface area (Å²) in [6, 6.07) is -0.794. The monoisotopic (exact) mass is 252 g/mol. The first-order valence-electron chi connectivity index (χ1n) is 4.93. The maximum atomic E-state index is 11.8. The van der Waals surface area contributed by atoms with Crippen LogP contribution >= 0.6 is 11.9 Å². The molecule has 7 heteroatoms. The number of urea groups is 1. The van der Waals surface area contributed by atoms with Gasteiger partial charge in [0.05, 0.1) is 11.9 Å². The number of hydrogen-bond donors (Lipinski definition) is 2. The molecule has 2 aliphatic rings. The van der Waals surface area contributed by atoms with E-state index in [0.717, 1.165) is 12.8 Å². The molecule has 2 N–H and O–H groups in total. The predicted molar refractivity (Wildman–Crippen MR) is 54.5 cm³/mol. The number of hydrogen-bond acceptors (Lipinski definition) is 2. The van der Waals surface area contributed by atoms with E-state index >= 15 is 0 Å². The lowest BCUT2D eigenvalue weighted by Gasteiger charge is -2.19. The van der Waals surface area contributed by atoms with Gasteiger partial charge < -0.3 is 5.32 Å². The van der Waals surface area contributed by atoms with E-state index in [0.29, 0.717) is 5.92 Å². The number of carbonyl (C=O) groups excluding carboxylic acids is 1. The Morgan fingerprint density at radius 2 is 2.06 bits per heavy atom. The molecule has 0 aromatic heterocycles. The molecule has 1 fully saturated rings. The molecule has 0 spiro atoms. The molecule has 3 unspecified atom stereocenters. The second kappa shape index (κ2) is 4.20. The zero-order valence-electron chi connectivity index (χ0n) is 8.25. The Balaban J connectivity index is 1.74. The molecule has 1 saturated carbocycles. The molecule has 2 bridgehead atoms. The Morgan fingerprint density at radius 1 is 1.31 bits per heavy atom. The summed E-state index contributed by atoms with van der Waals surface area (Å²) in [7, 11) is 0. The molecule has 2 rings (SSSR count). The van der Waals surface area contributed by atoms with Gasteiger partial charge in [0.25, 0.3) is 0 Å². The Labute approximate surface area is 95.0 Å². The van der Waals surface area contributed by atoms with Crippen molar-refractivity contribution in [1.82, 2.24) is 10.0 Å². The van der Waals surface area contributed by atoms with E-state index in [1.165, 1.54) is 0 Å². The predicted octanol–water partition coefficient (Wildman–Crippen LogP) is 2.42. The fourth-order valence-corrected chi connectivity index (χ4v) is 2.52. The summed E-state index contributed by atoms with van der Waals surface area (Å²) in [6.45, 7) is 0. The quantitative estimate of drug-likeness (QED) is 0.585. The lowest BCUT2D eigenvalue weighted by Crippen LogP contribution is -2.42. The van der Waals surface area contributed by atoms with E-state index < -0.39 is 23.5 Å². The van der Waals surface area contributed by atoms with Gasteiger partial charge >= 0.3 is 11.5 Å². The summed E-state index contributed by atoms with van der Waals surface area (Å²) in [5, 5.41) is 2.56. The number of alkyl halides is 3. The maximum Gasteiger partial charge on any atom is 0.461 e. The molecule has 2 amide bonds.